The smallest absolute Gasteiger partial charge is 0.230 e. The first kappa shape index (κ1) is 16.3. The molecule has 1 unspecified atom stereocenters. The normalized spacial score (nSPS) is 21.4. The largest absolute Gasteiger partial charge is 0.296 e. The number of nitrogens with one attached hydrogen (secondary N) is 2. The number of hydrogen-bond donors (Lipinski definition) is 2. The molecule has 0 aromatic carbocycles. The van der Waals surface area contributed by atoms with Gasteiger partial charge in [-0.1, -0.05) is 32.6 Å². The summed E-state index contributed by atoms with van der Waals surface area (Å²) in [5.41, 5.74) is 0. The van der Waals surface area contributed by atoms with E-state index in [1.807, 2.05) is 0 Å². The summed E-state index contributed by atoms with van der Waals surface area (Å²) in [6.45, 7) is 2.16. The Kier molecular flexibility index (Phi) is 6.90. The fourth-order valence-electron chi connectivity index (χ4n) is 2.17. The minimum absolute atomic E-state index is 0.0376. The van der Waals surface area contributed by atoms with E-state index in [0.717, 1.165) is 12.8 Å². The van der Waals surface area contributed by atoms with Crippen LogP contribution in [-0.2, 0) is 19.2 Å². The number of carbonyl (C=O) groups is 4. The van der Waals surface area contributed by atoms with E-state index in [1.165, 1.54) is 19.3 Å². The lowest BCUT2D eigenvalue weighted by molar-refractivity contribution is -0.127. The standard InChI is InChI=1S/C10H17NO2.C4H5NO2/c1-2-3-4-5-6-8-7-9(12)11-10(8)13;6-3-1-2-4(7)5-3/h8H,2-7H2,1H3,(H,11,12,13);1-2H2,(H,5,6,7). The molecule has 0 aromatic rings. The molecule has 112 valence electrons. The maximum absolute atomic E-state index is 11.1. The van der Waals surface area contributed by atoms with Crippen LogP contribution in [0.25, 0.3) is 0 Å². The van der Waals surface area contributed by atoms with Crippen molar-refractivity contribution in [2.75, 3.05) is 0 Å². The highest BCUT2D eigenvalue weighted by Gasteiger charge is 2.29. The molecule has 4 amide bonds. The number of imide groups is 2. The molecule has 2 aliphatic rings. The predicted octanol–water partition coefficient (Wildman–Crippen LogP) is 1.04. The molecule has 0 radical (unpaired) electrons. The molecule has 0 spiro atoms. The van der Waals surface area contributed by atoms with E-state index in [4.69, 9.17) is 0 Å². The SMILES string of the molecule is CCCCCCC1CC(=O)NC1=O.O=C1CCC(=O)N1. The van der Waals surface area contributed by atoms with Gasteiger partial charge in [0, 0.05) is 25.2 Å². The average molecular weight is 282 g/mol. The van der Waals surface area contributed by atoms with Crippen LogP contribution >= 0.6 is 0 Å². The summed E-state index contributed by atoms with van der Waals surface area (Å²) < 4.78 is 0. The molecule has 0 aromatic heterocycles. The summed E-state index contributed by atoms with van der Waals surface area (Å²) in [4.78, 5) is 42.2. The van der Waals surface area contributed by atoms with Crippen molar-refractivity contribution < 1.29 is 19.2 Å². The zero-order valence-corrected chi connectivity index (χ0v) is 11.9. The van der Waals surface area contributed by atoms with Crippen LogP contribution in [0.1, 0.15) is 58.3 Å². The summed E-state index contributed by atoms with van der Waals surface area (Å²) in [7, 11) is 0. The van der Waals surface area contributed by atoms with Crippen LogP contribution < -0.4 is 10.6 Å². The summed E-state index contributed by atoms with van der Waals surface area (Å²) >= 11 is 0. The highest BCUT2D eigenvalue weighted by Crippen LogP contribution is 2.18. The van der Waals surface area contributed by atoms with Gasteiger partial charge < -0.3 is 0 Å². The maximum atomic E-state index is 11.1. The highest BCUT2D eigenvalue weighted by atomic mass is 16.2. The highest BCUT2D eigenvalue weighted by molar-refractivity contribution is 6.03. The van der Waals surface area contributed by atoms with Gasteiger partial charge in [-0.15, -0.1) is 0 Å². The molecule has 2 N–H and O–H groups in total. The van der Waals surface area contributed by atoms with E-state index in [-0.39, 0.29) is 29.5 Å². The summed E-state index contributed by atoms with van der Waals surface area (Å²) in [6, 6.07) is 0. The van der Waals surface area contributed by atoms with Gasteiger partial charge in [0.05, 0.1) is 0 Å². The third-order valence-electron chi connectivity index (χ3n) is 3.33. The molecule has 0 bridgehead atoms. The monoisotopic (exact) mass is 282 g/mol. The van der Waals surface area contributed by atoms with Crippen LogP contribution in [0, 0.1) is 5.92 Å². The first-order valence-corrected chi connectivity index (χ1v) is 7.19. The Bertz CT molecular complexity index is 379. The molecule has 1 atom stereocenters. The lowest BCUT2D eigenvalue weighted by Crippen LogP contribution is -2.21. The number of unbranched alkanes of at least 4 members (excludes halogenated alkanes) is 3. The van der Waals surface area contributed by atoms with Gasteiger partial charge in [-0.05, 0) is 6.42 Å². The maximum Gasteiger partial charge on any atom is 0.230 e. The van der Waals surface area contributed by atoms with Gasteiger partial charge in [0.25, 0.3) is 0 Å². The Labute approximate surface area is 118 Å². The molecule has 2 aliphatic heterocycles. The van der Waals surface area contributed by atoms with Crippen LogP contribution in [0.5, 0.6) is 0 Å². The first-order valence-electron chi connectivity index (χ1n) is 7.19. The Hall–Kier alpha value is -1.72. The Morgan fingerprint density at radius 1 is 0.900 bits per heavy atom. The van der Waals surface area contributed by atoms with E-state index in [9.17, 15) is 19.2 Å². The van der Waals surface area contributed by atoms with E-state index in [2.05, 4.69) is 17.6 Å². The minimum atomic E-state index is -0.148. The van der Waals surface area contributed by atoms with E-state index >= 15 is 0 Å². The Balaban J connectivity index is 0.000000240. The van der Waals surface area contributed by atoms with Crippen molar-refractivity contribution in [1.82, 2.24) is 10.6 Å². The third kappa shape index (κ3) is 5.95. The van der Waals surface area contributed by atoms with Gasteiger partial charge in [-0.3, -0.25) is 29.8 Å². The Morgan fingerprint density at radius 3 is 1.95 bits per heavy atom. The van der Waals surface area contributed by atoms with Crippen molar-refractivity contribution in [3.05, 3.63) is 0 Å². The summed E-state index contributed by atoms with van der Waals surface area (Å²) in [5.74, 6) is -0.508. The summed E-state index contributed by atoms with van der Waals surface area (Å²) in [5, 5.41) is 4.47. The number of hydrogen-bond acceptors (Lipinski definition) is 4. The lowest BCUT2D eigenvalue weighted by Gasteiger charge is -2.03. The van der Waals surface area contributed by atoms with E-state index < -0.39 is 0 Å². The number of amides is 4. The number of rotatable bonds is 5. The quantitative estimate of drug-likeness (QED) is 0.582. The number of carbonyl (C=O) groups excluding carboxylic acids is 4. The average Bonchev–Trinajstić information content (AvgIpc) is 2.91. The fourth-order valence-corrected chi connectivity index (χ4v) is 2.17. The van der Waals surface area contributed by atoms with Gasteiger partial charge in [0.2, 0.25) is 23.6 Å². The molecular weight excluding hydrogens is 260 g/mol. The molecule has 2 rings (SSSR count). The van der Waals surface area contributed by atoms with Crippen molar-refractivity contribution in [3.63, 3.8) is 0 Å². The molecule has 6 heteroatoms. The van der Waals surface area contributed by atoms with E-state index in [0.29, 0.717) is 19.3 Å². The minimum Gasteiger partial charge on any atom is -0.296 e. The third-order valence-corrected chi connectivity index (χ3v) is 3.33. The molecular formula is C14H22N2O4. The summed E-state index contributed by atoms with van der Waals surface area (Å²) in [6.07, 6.45) is 6.70. The van der Waals surface area contributed by atoms with Crippen molar-refractivity contribution in [2.24, 2.45) is 5.92 Å². The zero-order chi connectivity index (χ0) is 15.0. The van der Waals surface area contributed by atoms with Crippen LogP contribution in [-0.4, -0.2) is 23.6 Å². The lowest BCUT2D eigenvalue weighted by atomic mass is 9.99. The van der Waals surface area contributed by atoms with Crippen molar-refractivity contribution >= 4 is 23.6 Å². The predicted molar refractivity (Wildman–Crippen MR) is 72.4 cm³/mol. The molecule has 0 saturated carbocycles. The Morgan fingerprint density at radius 2 is 1.55 bits per heavy atom. The molecule has 0 aliphatic carbocycles. The van der Waals surface area contributed by atoms with Crippen LogP contribution in [0.15, 0.2) is 0 Å². The van der Waals surface area contributed by atoms with Crippen LogP contribution in [0.2, 0.25) is 0 Å². The van der Waals surface area contributed by atoms with Gasteiger partial charge in [-0.2, -0.15) is 0 Å². The molecule has 2 heterocycles. The van der Waals surface area contributed by atoms with Crippen molar-refractivity contribution in [3.8, 4) is 0 Å². The van der Waals surface area contributed by atoms with E-state index in [1.54, 1.807) is 0 Å². The van der Waals surface area contributed by atoms with Gasteiger partial charge in [0.15, 0.2) is 0 Å². The van der Waals surface area contributed by atoms with Crippen molar-refractivity contribution in [2.45, 2.75) is 58.3 Å². The molecule has 2 saturated heterocycles. The van der Waals surface area contributed by atoms with Gasteiger partial charge >= 0.3 is 0 Å². The molecule has 6 nitrogen and oxygen atoms in total. The molecule has 20 heavy (non-hydrogen) atoms. The van der Waals surface area contributed by atoms with Gasteiger partial charge in [0.1, 0.15) is 0 Å². The zero-order valence-electron chi connectivity index (χ0n) is 11.9. The second-order valence-corrected chi connectivity index (χ2v) is 5.13. The topological polar surface area (TPSA) is 92.3 Å². The van der Waals surface area contributed by atoms with Crippen molar-refractivity contribution in [1.29, 1.82) is 0 Å². The molecule has 2 fully saturated rings. The second kappa shape index (κ2) is 8.45. The van der Waals surface area contributed by atoms with Crippen LogP contribution in [0.3, 0.4) is 0 Å². The first-order chi connectivity index (χ1) is 9.52. The van der Waals surface area contributed by atoms with Crippen LogP contribution in [0.4, 0.5) is 0 Å². The van der Waals surface area contributed by atoms with Gasteiger partial charge in [-0.25, -0.2) is 0 Å². The second-order valence-electron chi connectivity index (χ2n) is 5.13. The fraction of sp³-hybridized carbons (Fsp3) is 0.714.